The van der Waals surface area contributed by atoms with Crippen LogP contribution in [0.2, 0.25) is 0 Å². The van der Waals surface area contributed by atoms with E-state index in [-0.39, 0.29) is 6.54 Å². The van der Waals surface area contributed by atoms with E-state index in [1.54, 1.807) is 46.8 Å². The molecule has 0 aromatic heterocycles. The number of hydrogen-bond donors (Lipinski definition) is 3. The predicted octanol–water partition coefficient (Wildman–Crippen LogP) is 2.54. The van der Waals surface area contributed by atoms with Gasteiger partial charge in [-0.3, -0.25) is 14.4 Å². The predicted molar refractivity (Wildman–Crippen MR) is 135 cm³/mol. The van der Waals surface area contributed by atoms with E-state index in [1.165, 1.54) is 12.0 Å². The molecule has 202 valence electrons. The Bertz CT molecular complexity index is 953. The van der Waals surface area contributed by atoms with Crippen LogP contribution in [0.4, 0.5) is 4.79 Å². The van der Waals surface area contributed by atoms with Gasteiger partial charge in [0, 0.05) is 5.54 Å². The van der Waals surface area contributed by atoms with Crippen molar-refractivity contribution in [2.45, 2.75) is 85.0 Å². The molecular formula is C26H41N3O7. The number of aliphatic hydroxyl groups is 1. The highest BCUT2D eigenvalue weighted by Gasteiger charge is 2.43. The van der Waals surface area contributed by atoms with Crippen LogP contribution in [0.3, 0.4) is 0 Å². The lowest BCUT2D eigenvalue weighted by Crippen LogP contribution is -2.60. The van der Waals surface area contributed by atoms with Gasteiger partial charge in [0.25, 0.3) is 0 Å². The van der Waals surface area contributed by atoms with Gasteiger partial charge in [0.2, 0.25) is 11.8 Å². The number of carbonyl (C=O) groups is 4. The summed E-state index contributed by atoms with van der Waals surface area (Å²) < 4.78 is 9.88. The molecule has 3 amide bonds. The van der Waals surface area contributed by atoms with Crippen LogP contribution in [-0.4, -0.2) is 71.3 Å². The average molecular weight is 508 g/mol. The van der Waals surface area contributed by atoms with Crippen molar-refractivity contribution in [3.05, 3.63) is 34.9 Å². The Morgan fingerprint density at radius 3 is 2.14 bits per heavy atom. The zero-order chi connectivity index (χ0) is 27.8. The van der Waals surface area contributed by atoms with E-state index in [4.69, 9.17) is 4.74 Å². The summed E-state index contributed by atoms with van der Waals surface area (Å²) in [5, 5.41) is 15.0. The van der Waals surface area contributed by atoms with E-state index in [0.717, 1.165) is 11.1 Å². The Labute approximate surface area is 213 Å². The Hall–Kier alpha value is -3.14. The van der Waals surface area contributed by atoms with Crippen LogP contribution in [-0.2, 0) is 23.9 Å². The van der Waals surface area contributed by atoms with E-state index in [1.807, 2.05) is 26.8 Å². The molecule has 0 radical (unpaired) electrons. The van der Waals surface area contributed by atoms with Gasteiger partial charge in [-0.15, -0.1) is 0 Å². The van der Waals surface area contributed by atoms with Gasteiger partial charge in [0.15, 0.2) is 0 Å². The van der Waals surface area contributed by atoms with E-state index in [2.05, 4.69) is 15.4 Å². The molecule has 10 nitrogen and oxygen atoms in total. The topological polar surface area (TPSA) is 134 Å². The molecule has 0 bridgehead atoms. The largest absolute Gasteiger partial charge is 0.468 e. The van der Waals surface area contributed by atoms with Crippen LogP contribution < -0.4 is 10.6 Å². The number of esters is 1. The number of benzene rings is 1. The van der Waals surface area contributed by atoms with Crippen LogP contribution in [0.25, 0.3) is 0 Å². The molecule has 0 aliphatic heterocycles. The molecule has 1 aromatic carbocycles. The van der Waals surface area contributed by atoms with Crippen molar-refractivity contribution in [1.82, 2.24) is 15.5 Å². The van der Waals surface area contributed by atoms with Gasteiger partial charge in [0.05, 0.1) is 13.7 Å². The Morgan fingerprint density at radius 1 is 1.06 bits per heavy atom. The van der Waals surface area contributed by atoms with Crippen molar-refractivity contribution in [3.63, 3.8) is 0 Å². The normalized spacial score (nSPS) is 13.3. The number of aryl methyl sites for hydroxylation is 2. The minimum atomic E-state index is -1.37. The lowest BCUT2D eigenvalue weighted by Gasteiger charge is -2.44. The van der Waals surface area contributed by atoms with Crippen molar-refractivity contribution >= 4 is 23.9 Å². The monoisotopic (exact) mass is 507 g/mol. The summed E-state index contributed by atoms with van der Waals surface area (Å²) >= 11 is 0. The van der Waals surface area contributed by atoms with Gasteiger partial charge in [-0.1, -0.05) is 25.1 Å². The van der Waals surface area contributed by atoms with Crippen molar-refractivity contribution in [1.29, 1.82) is 0 Å². The van der Waals surface area contributed by atoms with Crippen LogP contribution in [0.5, 0.6) is 0 Å². The number of ether oxygens (including phenoxy) is 2. The first-order valence-corrected chi connectivity index (χ1v) is 11.9. The maximum absolute atomic E-state index is 13.9. The van der Waals surface area contributed by atoms with Crippen LogP contribution in [0.1, 0.15) is 70.7 Å². The highest BCUT2D eigenvalue weighted by Crippen LogP contribution is 2.33. The third kappa shape index (κ3) is 8.51. The fraction of sp³-hybridized carbons (Fsp3) is 0.615. The molecule has 10 heteroatoms. The molecule has 0 spiro atoms. The van der Waals surface area contributed by atoms with Crippen molar-refractivity contribution in [2.24, 2.45) is 0 Å². The quantitative estimate of drug-likeness (QED) is 0.414. The van der Waals surface area contributed by atoms with E-state index < -0.39 is 53.7 Å². The van der Waals surface area contributed by atoms with Crippen molar-refractivity contribution < 1.29 is 33.8 Å². The Kier molecular flexibility index (Phi) is 10.9. The lowest BCUT2D eigenvalue weighted by molar-refractivity contribution is -0.150. The van der Waals surface area contributed by atoms with E-state index >= 15 is 0 Å². The number of nitrogens with one attached hydrogen (secondary N) is 2. The minimum Gasteiger partial charge on any atom is -0.468 e. The molecule has 36 heavy (non-hydrogen) atoms. The third-order valence-corrected chi connectivity index (χ3v) is 5.91. The second kappa shape index (κ2) is 12.7. The Balaban J connectivity index is 3.58. The fourth-order valence-corrected chi connectivity index (χ4v) is 3.43. The molecule has 0 aliphatic carbocycles. The summed E-state index contributed by atoms with van der Waals surface area (Å²) in [6, 6.07) is 2.86. The first kappa shape index (κ1) is 30.9. The highest BCUT2D eigenvalue weighted by molar-refractivity contribution is 5.93. The van der Waals surface area contributed by atoms with Gasteiger partial charge in [0.1, 0.15) is 24.2 Å². The second-order valence-electron chi connectivity index (χ2n) is 10.3. The molecule has 0 fully saturated rings. The first-order chi connectivity index (χ1) is 16.6. The zero-order valence-electron chi connectivity index (χ0n) is 22.9. The summed E-state index contributed by atoms with van der Waals surface area (Å²) in [7, 11) is 1.21. The lowest BCUT2D eigenvalue weighted by atomic mass is 9.91. The van der Waals surface area contributed by atoms with Gasteiger partial charge in [-0.05, 0) is 71.6 Å². The summed E-state index contributed by atoms with van der Waals surface area (Å²) in [6.45, 7) is 13.2. The van der Waals surface area contributed by atoms with E-state index in [0.29, 0.717) is 12.0 Å². The fourth-order valence-electron chi connectivity index (χ4n) is 3.43. The van der Waals surface area contributed by atoms with Gasteiger partial charge >= 0.3 is 12.1 Å². The van der Waals surface area contributed by atoms with E-state index in [9.17, 15) is 24.3 Å². The molecular weight excluding hydrogens is 466 g/mol. The minimum absolute atomic E-state index is 0.384. The Morgan fingerprint density at radius 2 is 1.67 bits per heavy atom. The smallest absolute Gasteiger partial charge is 0.408 e. The molecule has 1 aromatic rings. The standard InChI is InChI=1S/C26H41N3O7/c1-10-26(7,8)29(23(33)19(15-30)28-24(34)36-25(4,5)6)21(22(32)27-14-20(31)35-9)18-12-11-16(2)17(3)13-18/h11-13,19,21,30H,10,14-15H2,1-9H3,(H,27,32)(H,28,34). The molecule has 0 aliphatic rings. The van der Waals surface area contributed by atoms with Gasteiger partial charge in [-0.25, -0.2) is 4.79 Å². The SMILES string of the molecule is CCC(C)(C)N(C(=O)C(CO)NC(=O)OC(C)(C)C)C(C(=O)NCC(=O)OC)c1ccc(C)c(C)c1. The third-order valence-electron chi connectivity index (χ3n) is 5.91. The number of nitrogens with zero attached hydrogens (tertiary/aromatic N) is 1. The molecule has 0 saturated heterocycles. The van der Waals surface area contributed by atoms with Crippen LogP contribution in [0.15, 0.2) is 18.2 Å². The number of rotatable bonds is 10. The van der Waals surface area contributed by atoms with Crippen molar-refractivity contribution in [2.75, 3.05) is 20.3 Å². The number of carbonyl (C=O) groups excluding carboxylic acids is 4. The maximum Gasteiger partial charge on any atom is 0.408 e. The second-order valence-corrected chi connectivity index (χ2v) is 10.3. The molecule has 2 atom stereocenters. The van der Waals surface area contributed by atoms with Crippen molar-refractivity contribution in [3.8, 4) is 0 Å². The van der Waals surface area contributed by atoms with Gasteiger partial charge in [-0.2, -0.15) is 0 Å². The maximum atomic E-state index is 13.9. The molecule has 2 unspecified atom stereocenters. The summed E-state index contributed by atoms with van der Waals surface area (Å²) in [5.41, 5.74) is 0.729. The zero-order valence-corrected chi connectivity index (χ0v) is 22.9. The molecule has 0 saturated carbocycles. The molecule has 0 heterocycles. The number of amides is 3. The summed E-state index contributed by atoms with van der Waals surface area (Å²) in [6.07, 6.45) is -0.420. The summed E-state index contributed by atoms with van der Waals surface area (Å²) in [4.78, 5) is 52.8. The molecule has 1 rings (SSSR count). The van der Waals surface area contributed by atoms with Crippen LogP contribution in [0, 0.1) is 13.8 Å². The van der Waals surface area contributed by atoms with Gasteiger partial charge < -0.3 is 30.1 Å². The number of alkyl carbamates (subject to hydrolysis) is 1. The molecule has 3 N–H and O–H groups in total. The van der Waals surface area contributed by atoms with Crippen LogP contribution >= 0.6 is 0 Å². The number of methoxy groups -OCH3 is 1. The number of hydrogen-bond acceptors (Lipinski definition) is 7. The summed E-state index contributed by atoms with van der Waals surface area (Å²) in [5.74, 6) is -1.92. The average Bonchev–Trinajstić information content (AvgIpc) is 2.79. The number of aliphatic hydroxyl groups excluding tert-OH is 1. The first-order valence-electron chi connectivity index (χ1n) is 11.9. The highest BCUT2D eigenvalue weighted by atomic mass is 16.6.